The molecule has 11 aromatic rings. The van der Waals surface area contributed by atoms with Crippen LogP contribution >= 0.6 is 0 Å². The van der Waals surface area contributed by atoms with Gasteiger partial charge in [-0.1, -0.05) is 140 Å². The molecule has 0 bridgehead atoms. The SMILES string of the molecule is c1ccc(-c2cccc(-c3nc(-c4ccccc4)nc(-c4ccc5c(c4)oc4ccc(-c6ccccc6-c6ccc7c(c6)oc6ccccc67)cc45)n3)c2)cc1. The topological polar surface area (TPSA) is 65.0 Å². The van der Waals surface area contributed by atoms with E-state index in [0.717, 1.165) is 93.9 Å². The standard InChI is InChI=1S/C51H31N3O2/c1-3-12-32(13-4-1)34-16-11-17-37(28-34)50-52-49(33-14-5-2-6-15-33)53-51(54-50)38-23-26-43-44-29-35(24-27-46(44)56-48(43)31-38)39-18-7-8-19-40(39)36-22-25-42-41-20-9-10-21-45(41)55-47(42)30-36/h1-31H. The van der Waals surface area contributed by atoms with Crippen LogP contribution in [0.15, 0.2) is 197 Å². The number of hydrogen-bond acceptors (Lipinski definition) is 5. The van der Waals surface area contributed by atoms with E-state index in [1.165, 1.54) is 0 Å². The van der Waals surface area contributed by atoms with Gasteiger partial charge in [0.15, 0.2) is 17.5 Å². The van der Waals surface area contributed by atoms with Gasteiger partial charge in [-0.3, -0.25) is 0 Å². The predicted molar refractivity (Wildman–Crippen MR) is 227 cm³/mol. The first-order valence-electron chi connectivity index (χ1n) is 18.7. The van der Waals surface area contributed by atoms with Gasteiger partial charge in [-0.25, -0.2) is 15.0 Å². The summed E-state index contributed by atoms with van der Waals surface area (Å²) < 4.78 is 12.8. The molecule has 0 fully saturated rings. The van der Waals surface area contributed by atoms with Crippen LogP contribution in [0.2, 0.25) is 0 Å². The predicted octanol–water partition coefficient (Wildman–Crippen LogP) is 13.7. The summed E-state index contributed by atoms with van der Waals surface area (Å²) >= 11 is 0. The summed E-state index contributed by atoms with van der Waals surface area (Å²) in [6, 6.07) is 64.6. The van der Waals surface area contributed by atoms with Crippen LogP contribution in [0.25, 0.3) is 111 Å². The van der Waals surface area contributed by atoms with Crippen molar-refractivity contribution in [1.82, 2.24) is 15.0 Å². The van der Waals surface area contributed by atoms with Crippen LogP contribution < -0.4 is 0 Å². The molecule has 0 atom stereocenters. The van der Waals surface area contributed by atoms with Crippen molar-refractivity contribution in [1.29, 1.82) is 0 Å². The number of furan rings is 2. The molecule has 8 aromatic carbocycles. The van der Waals surface area contributed by atoms with Crippen molar-refractivity contribution < 1.29 is 8.83 Å². The van der Waals surface area contributed by atoms with Crippen LogP contribution in [-0.2, 0) is 0 Å². The number of para-hydroxylation sites is 1. The minimum Gasteiger partial charge on any atom is -0.456 e. The van der Waals surface area contributed by atoms with Gasteiger partial charge < -0.3 is 8.83 Å². The molecular weight excluding hydrogens is 687 g/mol. The zero-order valence-electron chi connectivity index (χ0n) is 30.1. The molecule has 56 heavy (non-hydrogen) atoms. The van der Waals surface area contributed by atoms with Gasteiger partial charge in [0.25, 0.3) is 0 Å². The average Bonchev–Trinajstić information content (AvgIpc) is 3.84. The number of nitrogens with zero attached hydrogens (tertiary/aromatic N) is 3. The van der Waals surface area contributed by atoms with E-state index < -0.39 is 0 Å². The largest absolute Gasteiger partial charge is 0.456 e. The molecular formula is C51H31N3O2. The Morgan fingerprint density at radius 1 is 0.250 bits per heavy atom. The highest BCUT2D eigenvalue weighted by Crippen LogP contribution is 2.39. The van der Waals surface area contributed by atoms with Gasteiger partial charge in [0.05, 0.1) is 0 Å². The normalized spacial score (nSPS) is 11.6. The Morgan fingerprint density at radius 3 is 1.45 bits per heavy atom. The van der Waals surface area contributed by atoms with Crippen LogP contribution in [0.5, 0.6) is 0 Å². The first kappa shape index (κ1) is 31.9. The third kappa shape index (κ3) is 5.53. The molecule has 5 heteroatoms. The lowest BCUT2D eigenvalue weighted by Gasteiger charge is -2.10. The highest BCUT2D eigenvalue weighted by atomic mass is 16.3. The van der Waals surface area contributed by atoms with Crippen molar-refractivity contribution in [2.24, 2.45) is 0 Å². The monoisotopic (exact) mass is 717 g/mol. The second-order valence-electron chi connectivity index (χ2n) is 14.0. The maximum absolute atomic E-state index is 6.51. The molecule has 3 aromatic heterocycles. The molecule has 11 rings (SSSR count). The minimum absolute atomic E-state index is 0.581. The smallest absolute Gasteiger partial charge is 0.164 e. The van der Waals surface area contributed by atoms with E-state index in [4.69, 9.17) is 23.8 Å². The number of benzene rings is 8. The van der Waals surface area contributed by atoms with Crippen molar-refractivity contribution in [3.8, 4) is 67.5 Å². The van der Waals surface area contributed by atoms with Gasteiger partial charge >= 0.3 is 0 Å². The average molecular weight is 718 g/mol. The van der Waals surface area contributed by atoms with E-state index in [0.29, 0.717) is 17.5 Å². The molecule has 0 spiro atoms. The third-order valence-electron chi connectivity index (χ3n) is 10.6. The Hall–Kier alpha value is -7.63. The van der Waals surface area contributed by atoms with Crippen LogP contribution in [0.3, 0.4) is 0 Å². The van der Waals surface area contributed by atoms with Gasteiger partial charge in [-0.2, -0.15) is 0 Å². The molecule has 262 valence electrons. The fourth-order valence-corrected chi connectivity index (χ4v) is 7.78. The van der Waals surface area contributed by atoms with E-state index in [2.05, 4.69) is 133 Å². The van der Waals surface area contributed by atoms with Crippen LogP contribution in [0.1, 0.15) is 0 Å². The number of fused-ring (bicyclic) bond motifs is 6. The Labute approximate surface area is 322 Å². The Bertz CT molecular complexity index is 3250. The Morgan fingerprint density at radius 2 is 0.714 bits per heavy atom. The summed E-state index contributed by atoms with van der Waals surface area (Å²) in [6.07, 6.45) is 0. The van der Waals surface area contributed by atoms with Gasteiger partial charge in [0.1, 0.15) is 22.3 Å². The summed E-state index contributed by atoms with van der Waals surface area (Å²) in [5.74, 6) is 1.81. The highest BCUT2D eigenvalue weighted by molar-refractivity contribution is 6.08. The zero-order chi connectivity index (χ0) is 37.0. The Balaban J connectivity index is 0.994. The molecule has 0 aliphatic heterocycles. The lowest BCUT2D eigenvalue weighted by molar-refractivity contribution is 0.668. The molecule has 0 aliphatic rings. The minimum atomic E-state index is 0.581. The summed E-state index contributed by atoms with van der Waals surface area (Å²) in [5.41, 5.74) is 12.8. The van der Waals surface area contributed by atoms with Crippen molar-refractivity contribution in [3.63, 3.8) is 0 Å². The number of hydrogen-bond donors (Lipinski definition) is 0. The van der Waals surface area contributed by atoms with Crippen molar-refractivity contribution in [2.45, 2.75) is 0 Å². The summed E-state index contributed by atoms with van der Waals surface area (Å²) in [7, 11) is 0. The maximum Gasteiger partial charge on any atom is 0.164 e. The quantitative estimate of drug-likeness (QED) is 0.171. The maximum atomic E-state index is 6.51. The highest BCUT2D eigenvalue weighted by Gasteiger charge is 2.17. The van der Waals surface area contributed by atoms with Crippen LogP contribution in [0.4, 0.5) is 0 Å². The second-order valence-corrected chi connectivity index (χ2v) is 14.0. The fourth-order valence-electron chi connectivity index (χ4n) is 7.78. The molecule has 0 saturated carbocycles. The summed E-state index contributed by atoms with van der Waals surface area (Å²) in [5, 5.41) is 4.32. The van der Waals surface area contributed by atoms with E-state index in [9.17, 15) is 0 Å². The molecule has 3 heterocycles. The van der Waals surface area contributed by atoms with Gasteiger partial charge in [-0.15, -0.1) is 0 Å². The molecule has 0 radical (unpaired) electrons. The molecule has 0 unspecified atom stereocenters. The number of rotatable bonds is 6. The molecule has 0 amide bonds. The van der Waals surface area contributed by atoms with Gasteiger partial charge in [-0.05, 0) is 81.9 Å². The van der Waals surface area contributed by atoms with Gasteiger partial charge in [0.2, 0.25) is 0 Å². The van der Waals surface area contributed by atoms with Crippen LogP contribution in [-0.4, -0.2) is 15.0 Å². The van der Waals surface area contributed by atoms with Crippen LogP contribution in [0, 0.1) is 0 Å². The van der Waals surface area contributed by atoms with Crippen molar-refractivity contribution >= 4 is 43.9 Å². The molecule has 0 N–H and O–H groups in total. The van der Waals surface area contributed by atoms with E-state index >= 15 is 0 Å². The van der Waals surface area contributed by atoms with Crippen molar-refractivity contribution in [2.75, 3.05) is 0 Å². The summed E-state index contributed by atoms with van der Waals surface area (Å²) in [4.78, 5) is 15.0. The van der Waals surface area contributed by atoms with E-state index in [1.54, 1.807) is 0 Å². The van der Waals surface area contributed by atoms with E-state index in [1.807, 2.05) is 54.6 Å². The Kier molecular flexibility index (Phi) is 7.42. The molecule has 5 nitrogen and oxygen atoms in total. The zero-order valence-corrected chi connectivity index (χ0v) is 30.1. The lowest BCUT2D eigenvalue weighted by atomic mass is 9.93. The van der Waals surface area contributed by atoms with Crippen molar-refractivity contribution in [3.05, 3.63) is 188 Å². The molecule has 0 aliphatic carbocycles. The summed E-state index contributed by atoms with van der Waals surface area (Å²) in [6.45, 7) is 0. The van der Waals surface area contributed by atoms with E-state index in [-0.39, 0.29) is 0 Å². The van der Waals surface area contributed by atoms with Gasteiger partial charge in [0, 0.05) is 38.2 Å². The first-order valence-corrected chi connectivity index (χ1v) is 18.7. The molecule has 0 saturated heterocycles. The third-order valence-corrected chi connectivity index (χ3v) is 10.6. The first-order chi connectivity index (χ1) is 27.7. The number of aromatic nitrogens is 3. The second kappa shape index (κ2) is 13.0. The fraction of sp³-hybridized carbons (Fsp3) is 0. The lowest BCUT2D eigenvalue weighted by Crippen LogP contribution is -2.00.